The highest BCUT2D eigenvalue weighted by molar-refractivity contribution is 6.09. The molecule has 3 rings (SSSR count). The maximum absolute atomic E-state index is 12.3. The molecule has 1 saturated heterocycles. The predicted octanol–water partition coefficient (Wildman–Crippen LogP) is 2.75. The first-order valence-corrected chi connectivity index (χ1v) is 6.76. The number of ketones is 1. The third-order valence-corrected chi connectivity index (χ3v) is 3.49. The van der Waals surface area contributed by atoms with Crippen molar-refractivity contribution in [3.63, 3.8) is 0 Å². The minimum Gasteiger partial charge on any atom is -0.372 e. The smallest absolute Gasteiger partial charge is 0.193 e. The fraction of sp³-hybridized carbons (Fsp3) is 0.235. The van der Waals surface area contributed by atoms with Crippen molar-refractivity contribution in [2.75, 3.05) is 25.1 Å². The van der Waals surface area contributed by atoms with Gasteiger partial charge in [-0.15, -0.1) is 0 Å². The highest BCUT2D eigenvalue weighted by atomic mass is 16.6. The fourth-order valence-electron chi connectivity index (χ4n) is 2.21. The minimum atomic E-state index is 0.0605. The number of ether oxygens (including phenoxy) is 1. The Morgan fingerprint density at radius 2 is 1.70 bits per heavy atom. The van der Waals surface area contributed by atoms with Crippen LogP contribution in [0.2, 0.25) is 0 Å². The van der Waals surface area contributed by atoms with Gasteiger partial charge in [0.25, 0.3) is 0 Å². The van der Waals surface area contributed by atoms with Gasteiger partial charge in [0.15, 0.2) is 5.78 Å². The van der Waals surface area contributed by atoms with Crippen LogP contribution in [0.25, 0.3) is 0 Å². The highest BCUT2D eigenvalue weighted by Gasteiger charge is 2.24. The molecule has 0 saturated carbocycles. The van der Waals surface area contributed by atoms with E-state index in [1.807, 2.05) is 61.6 Å². The molecule has 102 valence electrons. The molecule has 0 bridgehead atoms. The molecular weight excluding hydrogens is 250 g/mol. The van der Waals surface area contributed by atoms with Gasteiger partial charge in [-0.2, -0.15) is 0 Å². The van der Waals surface area contributed by atoms with E-state index < -0.39 is 0 Å². The van der Waals surface area contributed by atoms with Gasteiger partial charge in [-0.3, -0.25) is 4.79 Å². The first-order valence-electron chi connectivity index (χ1n) is 6.76. The van der Waals surface area contributed by atoms with Crippen molar-refractivity contribution in [1.82, 2.24) is 0 Å². The maximum Gasteiger partial charge on any atom is 0.193 e. The normalized spacial score (nSPS) is 16.8. The van der Waals surface area contributed by atoms with Crippen molar-refractivity contribution in [3.05, 3.63) is 65.7 Å². The number of nitrogens with zero attached hydrogens (tertiary/aromatic N) is 1. The van der Waals surface area contributed by atoms with Crippen LogP contribution in [0, 0.1) is 0 Å². The molecule has 0 spiro atoms. The van der Waals surface area contributed by atoms with E-state index in [1.165, 1.54) is 0 Å². The molecule has 1 unspecified atom stereocenters. The molecule has 1 heterocycles. The zero-order valence-corrected chi connectivity index (χ0v) is 11.5. The number of rotatable bonds is 5. The molecule has 0 aliphatic carbocycles. The molecule has 1 aliphatic rings. The van der Waals surface area contributed by atoms with Gasteiger partial charge in [-0.25, -0.2) is 0 Å². The molecule has 2 aromatic carbocycles. The molecule has 3 heteroatoms. The lowest BCUT2D eigenvalue weighted by Crippen LogP contribution is -2.22. The van der Waals surface area contributed by atoms with Crippen molar-refractivity contribution in [2.45, 2.75) is 6.10 Å². The van der Waals surface area contributed by atoms with Gasteiger partial charge in [0.05, 0.1) is 12.7 Å². The predicted molar refractivity (Wildman–Crippen MR) is 79.3 cm³/mol. The van der Waals surface area contributed by atoms with Gasteiger partial charge >= 0.3 is 0 Å². The fourth-order valence-corrected chi connectivity index (χ4v) is 2.21. The second kappa shape index (κ2) is 5.47. The Bertz CT molecular complexity index is 588. The number of carbonyl (C=O) groups is 1. The Kier molecular flexibility index (Phi) is 3.52. The molecule has 0 amide bonds. The minimum absolute atomic E-state index is 0.0605. The van der Waals surface area contributed by atoms with Crippen LogP contribution in [-0.4, -0.2) is 32.1 Å². The monoisotopic (exact) mass is 267 g/mol. The van der Waals surface area contributed by atoms with E-state index in [1.54, 1.807) is 0 Å². The van der Waals surface area contributed by atoms with Crippen molar-refractivity contribution in [1.29, 1.82) is 0 Å². The Balaban J connectivity index is 1.73. The standard InChI is InChI=1S/C17H17NO2/c1-18(11-16-12-20-16)15-9-7-14(8-10-15)17(19)13-5-3-2-4-6-13/h2-10,16H,11-12H2,1H3. The van der Waals surface area contributed by atoms with Crippen LogP contribution in [0.3, 0.4) is 0 Å². The van der Waals surface area contributed by atoms with E-state index in [2.05, 4.69) is 4.90 Å². The highest BCUT2D eigenvalue weighted by Crippen LogP contribution is 2.19. The second-order valence-electron chi connectivity index (χ2n) is 5.08. The number of benzene rings is 2. The molecular formula is C17H17NO2. The largest absolute Gasteiger partial charge is 0.372 e. The van der Waals surface area contributed by atoms with Crippen LogP contribution >= 0.6 is 0 Å². The Morgan fingerprint density at radius 1 is 1.10 bits per heavy atom. The molecule has 2 aromatic rings. The number of anilines is 1. The number of likely N-dealkylation sites (N-methyl/N-ethyl adjacent to an activating group) is 1. The summed E-state index contributed by atoms with van der Waals surface area (Å²) >= 11 is 0. The van der Waals surface area contributed by atoms with Crippen LogP contribution in [-0.2, 0) is 4.74 Å². The third kappa shape index (κ3) is 2.89. The lowest BCUT2D eigenvalue weighted by Gasteiger charge is -2.18. The first-order chi connectivity index (χ1) is 9.74. The number of hydrogen-bond acceptors (Lipinski definition) is 3. The molecule has 0 radical (unpaired) electrons. The Labute approximate surface area is 118 Å². The van der Waals surface area contributed by atoms with Crippen molar-refractivity contribution in [2.24, 2.45) is 0 Å². The molecule has 3 nitrogen and oxygen atoms in total. The Morgan fingerprint density at radius 3 is 2.30 bits per heavy atom. The van der Waals surface area contributed by atoms with E-state index in [0.717, 1.165) is 30.0 Å². The summed E-state index contributed by atoms with van der Waals surface area (Å²) in [7, 11) is 2.04. The summed E-state index contributed by atoms with van der Waals surface area (Å²) in [6, 6.07) is 17.1. The lowest BCUT2D eigenvalue weighted by molar-refractivity contribution is 0.103. The molecule has 20 heavy (non-hydrogen) atoms. The summed E-state index contributed by atoms with van der Waals surface area (Å²) in [5, 5.41) is 0. The van der Waals surface area contributed by atoms with Gasteiger partial charge in [0.1, 0.15) is 0 Å². The molecule has 1 atom stereocenters. The first kappa shape index (κ1) is 12.9. The average Bonchev–Trinajstić information content (AvgIpc) is 3.31. The van der Waals surface area contributed by atoms with E-state index in [-0.39, 0.29) is 5.78 Å². The van der Waals surface area contributed by atoms with Crippen LogP contribution in [0.1, 0.15) is 15.9 Å². The van der Waals surface area contributed by atoms with Gasteiger partial charge in [0, 0.05) is 30.4 Å². The van der Waals surface area contributed by atoms with Gasteiger partial charge in [0.2, 0.25) is 0 Å². The number of carbonyl (C=O) groups excluding carboxylic acids is 1. The summed E-state index contributed by atoms with van der Waals surface area (Å²) in [4.78, 5) is 14.4. The zero-order valence-electron chi connectivity index (χ0n) is 11.5. The lowest BCUT2D eigenvalue weighted by atomic mass is 10.0. The van der Waals surface area contributed by atoms with E-state index in [0.29, 0.717) is 6.10 Å². The van der Waals surface area contributed by atoms with Crippen LogP contribution in [0.4, 0.5) is 5.69 Å². The molecule has 0 N–H and O–H groups in total. The maximum atomic E-state index is 12.3. The van der Waals surface area contributed by atoms with Crippen molar-refractivity contribution in [3.8, 4) is 0 Å². The van der Waals surface area contributed by atoms with Crippen LogP contribution < -0.4 is 4.90 Å². The SMILES string of the molecule is CN(CC1CO1)c1ccc(C(=O)c2ccccc2)cc1. The van der Waals surface area contributed by atoms with E-state index in [4.69, 9.17) is 4.74 Å². The van der Waals surface area contributed by atoms with E-state index in [9.17, 15) is 4.79 Å². The molecule has 1 fully saturated rings. The quantitative estimate of drug-likeness (QED) is 0.617. The van der Waals surface area contributed by atoms with Gasteiger partial charge < -0.3 is 9.64 Å². The summed E-state index contributed by atoms with van der Waals surface area (Å²) in [5.41, 5.74) is 2.54. The Hall–Kier alpha value is -2.13. The number of hydrogen-bond donors (Lipinski definition) is 0. The summed E-state index contributed by atoms with van der Waals surface area (Å²) in [6.45, 7) is 1.75. The third-order valence-electron chi connectivity index (χ3n) is 3.49. The molecule has 0 aromatic heterocycles. The second-order valence-corrected chi connectivity index (χ2v) is 5.08. The van der Waals surface area contributed by atoms with Crippen molar-refractivity contribution >= 4 is 11.5 Å². The molecule has 1 aliphatic heterocycles. The average molecular weight is 267 g/mol. The van der Waals surface area contributed by atoms with Crippen LogP contribution in [0.15, 0.2) is 54.6 Å². The van der Waals surface area contributed by atoms with Crippen molar-refractivity contribution < 1.29 is 9.53 Å². The van der Waals surface area contributed by atoms with Gasteiger partial charge in [-0.05, 0) is 24.3 Å². The number of epoxide rings is 1. The summed E-state index contributed by atoms with van der Waals surface area (Å²) < 4.78 is 5.22. The van der Waals surface area contributed by atoms with E-state index >= 15 is 0 Å². The topological polar surface area (TPSA) is 32.8 Å². The summed E-state index contributed by atoms with van der Waals surface area (Å²) in [6.07, 6.45) is 0.366. The van der Waals surface area contributed by atoms with Crippen LogP contribution in [0.5, 0.6) is 0 Å². The summed E-state index contributed by atoms with van der Waals surface area (Å²) in [5.74, 6) is 0.0605. The zero-order chi connectivity index (χ0) is 13.9. The van der Waals surface area contributed by atoms with Gasteiger partial charge in [-0.1, -0.05) is 30.3 Å².